The molecule has 0 saturated carbocycles. The Hall–Kier alpha value is -6.64. The quantitative estimate of drug-likeness (QED) is 0.183. The summed E-state index contributed by atoms with van der Waals surface area (Å²) in [7, 11) is 0. The molecular formula is C48H31NO. The topological polar surface area (TPSA) is 16.4 Å². The van der Waals surface area contributed by atoms with E-state index >= 15 is 0 Å². The highest BCUT2D eigenvalue weighted by molar-refractivity contribution is 6.17. The van der Waals surface area contributed by atoms with Crippen LogP contribution in [0, 0.1) is 0 Å². The van der Waals surface area contributed by atoms with Crippen molar-refractivity contribution in [1.82, 2.24) is 0 Å². The number of rotatable bonds is 5. The minimum atomic E-state index is -0.876. The maximum absolute atomic E-state index is 9.77. The zero-order chi connectivity index (χ0) is 48.7. The van der Waals surface area contributed by atoms with E-state index in [0.717, 1.165) is 15.7 Å². The van der Waals surface area contributed by atoms with E-state index in [4.69, 9.17) is 20.9 Å². The van der Waals surface area contributed by atoms with Gasteiger partial charge in [0.2, 0.25) is 0 Å². The highest BCUT2D eigenvalue weighted by Crippen LogP contribution is 2.47. The summed E-state index contributed by atoms with van der Waals surface area (Å²) in [5, 5.41) is 1.32. The Kier molecular flexibility index (Phi) is 3.62. The third-order valence-electron chi connectivity index (χ3n) is 8.71. The minimum absolute atomic E-state index is 0.0378. The Morgan fingerprint density at radius 2 is 1.08 bits per heavy atom. The molecule has 0 aliphatic heterocycles. The number of fused-ring (bicyclic) bond motifs is 6. The van der Waals surface area contributed by atoms with E-state index in [1.165, 1.54) is 6.07 Å². The summed E-state index contributed by atoms with van der Waals surface area (Å²) in [5.74, 6) is 0. The number of furan rings is 1. The smallest absolute Gasteiger partial charge is 0.136 e. The zero-order valence-corrected chi connectivity index (χ0v) is 25.9. The second kappa shape index (κ2) is 11.5. The molecule has 2 nitrogen and oxygen atoms in total. The average molecular weight is 656 g/mol. The molecule has 0 aliphatic carbocycles. The lowest BCUT2D eigenvalue weighted by Gasteiger charge is -2.29. The lowest BCUT2D eigenvalue weighted by molar-refractivity contribution is 0.669. The van der Waals surface area contributed by atoms with Gasteiger partial charge in [-0.25, -0.2) is 0 Å². The van der Waals surface area contributed by atoms with Crippen LogP contribution in [-0.2, 0) is 0 Å². The van der Waals surface area contributed by atoms with E-state index in [-0.39, 0.29) is 5.69 Å². The Balaban J connectivity index is 1.38. The molecule has 50 heavy (non-hydrogen) atoms. The van der Waals surface area contributed by atoms with Crippen molar-refractivity contribution in [3.05, 3.63) is 188 Å². The summed E-state index contributed by atoms with van der Waals surface area (Å²) in [6.07, 6.45) is 0. The Bertz CT molecular complexity index is 3880. The van der Waals surface area contributed by atoms with Crippen LogP contribution in [0.5, 0.6) is 0 Å². The van der Waals surface area contributed by atoms with Crippen molar-refractivity contribution in [1.29, 1.82) is 0 Å². The van der Waals surface area contributed by atoms with Gasteiger partial charge in [0, 0.05) is 27.4 Å². The summed E-state index contributed by atoms with van der Waals surface area (Å²) in [6.45, 7) is 0. The van der Waals surface area contributed by atoms with Crippen molar-refractivity contribution < 1.29 is 29.1 Å². The molecule has 0 aliphatic rings. The molecule has 1 heterocycles. The fraction of sp³-hybridized carbons (Fsp3) is 0. The van der Waals surface area contributed by atoms with E-state index in [0.29, 0.717) is 33.1 Å². The van der Waals surface area contributed by atoms with Crippen molar-refractivity contribution in [3.63, 3.8) is 0 Å². The monoisotopic (exact) mass is 655 g/mol. The van der Waals surface area contributed by atoms with E-state index in [2.05, 4.69) is 0 Å². The van der Waals surface area contributed by atoms with Crippen molar-refractivity contribution in [2.45, 2.75) is 0 Å². The third kappa shape index (κ3) is 4.57. The molecule has 2 heteroatoms. The molecule has 234 valence electrons. The van der Waals surface area contributed by atoms with Gasteiger partial charge in [-0.1, -0.05) is 145 Å². The van der Waals surface area contributed by atoms with Gasteiger partial charge >= 0.3 is 0 Å². The van der Waals surface area contributed by atoms with Gasteiger partial charge in [-0.2, -0.15) is 0 Å². The van der Waals surface area contributed by atoms with Crippen LogP contribution in [0.4, 0.5) is 17.1 Å². The minimum Gasteiger partial charge on any atom is -0.456 e. The van der Waals surface area contributed by atoms with Crippen LogP contribution in [0.1, 0.15) is 24.7 Å². The molecule has 0 amide bonds. The average Bonchev–Trinajstić information content (AvgIpc) is 3.70. The van der Waals surface area contributed by atoms with Gasteiger partial charge in [0.05, 0.1) is 36.0 Å². The molecule has 0 unspecified atom stereocenters. The second-order valence-corrected chi connectivity index (χ2v) is 11.5. The van der Waals surface area contributed by atoms with Crippen LogP contribution in [0.25, 0.3) is 76.5 Å². The van der Waals surface area contributed by atoms with Crippen LogP contribution < -0.4 is 4.90 Å². The van der Waals surface area contributed by atoms with Gasteiger partial charge < -0.3 is 9.32 Å². The number of nitrogens with zero attached hydrogens (tertiary/aromatic N) is 1. The Labute approximate surface area is 315 Å². The van der Waals surface area contributed by atoms with E-state index in [1.807, 2.05) is 36.4 Å². The molecule has 10 aromatic rings. The van der Waals surface area contributed by atoms with Crippen molar-refractivity contribution >= 4 is 71.3 Å². The van der Waals surface area contributed by atoms with Gasteiger partial charge in [0.25, 0.3) is 0 Å². The molecule has 0 atom stereocenters. The van der Waals surface area contributed by atoms with E-state index < -0.39 is 153 Å². The Morgan fingerprint density at radius 1 is 0.420 bits per heavy atom. The van der Waals surface area contributed by atoms with Gasteiger partial charge in [-0.3, -0.25) is 0 Å². The molecule has 9 aromatic carbocycles. The molecule has 10 rings (SSSR count). The maximum Gasteiger partial charge on any atom is 0.136 e. The predicted octanol–water partition coefficient (Wildman–Crippen LogP) is 13.8. The molecular weight excluding hydrogens is 607 g/mol. The van der Waals surface area contributed by atoms with Crippen LogP contribution in [0.2, 0.25) is 0 Å². The number of benzene rings is 9. The van der Waals surface area contributed by atoms with Crippen LogP contribution >= 0.6 is 0 Å². The number of anilines is 3. The van der Waals surface area contributed by atoms with Gasteiger partial charge in [-0.05, 0) is 86.0 Å². The molecule has 0 saturated heterocycles. The van der Waals surface area contributed by atoms with Gasteiger partial charge in [0.15, 0.2) is 0 Å². The highest BCUT2D eigenvalue weighted by atomic mass is 16.3. The summed E-state index contributed by atoms with van der Waals surface area (Å²) < 4.78 is 168. The lowest BCUT2D eigenvalue weighted by atomic mass is 9.95. The first-order chi connectivity index (χ1) is 32.3. The number of hydrogen-bond donors (Lipinski definition) is 0. The molecule has 1 aromatic heterocycles. The molecule has 0 N–H and O–H groups in total. The van der Waals surface area contributed by atoms with E-state index in [1.54, 1.807) is 36.4 Å². The Morgan fingerprint density at radius 3 is 1.92 bits per heavy atom. The van der Waals surface area contributed by atoms with E-state index in [9.17, 15) is 8.22 Å². The van der Waals surface area contributed by atoms with Crippen LogP contribution in [0.3, 0.4) is 0 Å². The SMILES string of the molecule is [2H]c1c([2H])c(N(c2ccccc2-c2cccc3oc4cc5ccccc5cc4c23)c2c([2H])c([2H])c([2H])c3c([2H])c([2H])c([2H])c([2H])c23)c([2H])c([2H])c1-c1c([2H])c([2H])c([2H])c2c([2H])c([2H])c([2H])c([2H])c12. The number of para-hydroxylation sites is 1. The molecule has 0 fully saturated rings. The summed E-state index contributed by atoms with van der Waals surface area (Å²) in [4.78, 5) is 1.10. The zero-order valence-electron chi connectivity index (χ0n) is 43.9. The van der Waals surface area contributed by atoms with Crippen molar-refractivity contribution in [3.8, 4) is 22.3 Å². The molecule has 0 radical (unpaired) electrons. The van der Waals surface area contributed by atoms with Crippen molar-refractivity contribution in [2.75, 3.05) is 4.90 Å². The van der Waals surface area contributed by atoms with Crippen LogP contribution in [0.15, 0.2) is 192 Å². The van der Waals surface area contributed by atoms with Gasteiger partial charge in [0.1, 0.15) is 11.2 Å². The highest BCUT2D eigenvalue weighted by Gasteiger charge is 2.22. The first-order valence-corrected chi connectivity index (χ1v) is 15.6. The molecule has 0 spiro atoms. The lowest BCUT2D eigenvalue weighted by Crippen LogP contribution is -2.11. The first kappa shape index (κ1) is 15.7. The fourth-order valence-electron chi connectivity index (χ4n) is 6.49. The first-order valence-electron chi connectivity index (χ1n) is 24.6. The maximum atomic E-state index is 9.77. The van der Waals surface area contributed by atoms with Crippen LogP contribution in [-0.4, -0.2) is 0 Å². The standard InChI is InChI=1S/C48H31NO/c1-2-15-36-31-47-43(30-35(36)14-1)48-42(22-11-25-46(48)50-47)41-20-7-8-23-45(41)49(44-24-10-17-33-13-4-6-19-40(33)44)37-28-26-34(27-29-37)39-21-9-16-32-12-3-5-18-38(32)39/h1-31H/i3D,4D,5D,6D,9D,10D,12D,13D,16D,17D,18D,19D,21D,24D,26D,27D,28D,29D. The largest absolute Gasteiger partial charge is 0.456 e. The summed E-state index contributed by atoms with van der Waals surface area (Å²) in [5.41, 5.74) is -0.390. The third-order valence-corrected chi connectivity index (χ3v) is 8.71. The molecule has 0 bridgehead atoms. The summed E-state index contributed by atoms with van der Waals surface area (Å²) in [6, 6.07) is 9.44. The predicted molar refractivity (Wildman–Crippen MR) is 212 cm³/mol. The summed E-state index contributed by atoms with van der Waals surface area (Å²) >= 11 is 0. The van der Waals surface area contributed by atoms with Crippen molar-refractivity contribution in [2.24, 2.45) is 0 Å². The number of hydrogen-bond acceptors (Lipinski definition) is 2. The second-order valence-electron chi connectivity index (χ2n) is 11.5. The van der Waals surface area contributed by atoms with Gasteiger partial charge in [-0.15, -0.1) is 0 Å². The fourth-order valence-corrected chi connectivity index (χ4v) is 6.49. The normalized spacial score (nSPS) is 16.6.